The number of amides is 2. The Kier molecular flexibility index (Phi) is 5.11. The topological polar surface area (TPSA) is 94.3 Å². The maximum absolute atomic E-state index is 12.1. The van der Waals surface area contributed by atoms with Gasteiger partial charge in [0.15, 0.2) is 11.2 Å². The highest BCUT2D eigenvalue weighted by Crippen LogP contribution is 2.18. The van der Waals surface area contributed by atoms with Crippen LogP contribution in [0.1, 0.15) is 18.2 Å². The number of primary amides is 1. The zero-order valence-electron chi connectivity index (χ0n) is 12.3. The van der Waals surface area contributed by atoms with Gasteiger partial charge in [-0.25, -0.2) is 4.98 Å². The third-order valence-corrected chi connectivity index (χ3v) is 3.62. The highest BCUT2D eigenvalue weighted by Gasteiger charge is 2.16. The van der Waals surface area contributed by atoms with Crippen LogP contribution in [0.15, 0.2) is 29.6 Å². The van der Waals surface area contributed by atoms with Crippen molar-refractivity contribution >= 4 is 28.3 Å². The molecule has 0 spiro atoms. The van der Waals surface area contributed by atoms with Gasteiger partial charge in [0.05, 0.1) is 12.1 Å². The molecule has 2 rings (SSSR count). The van der Waals surface area contributed by atoms with E-state index >= 15 is 0 Å². The molecular formula is C15H17N3O3S. The van der Waals surface area contributed by atoms with Crippen molar-refractivity contribution < 1.29 is 14.3 Å². The molecule has 0 fully saturated rings. The number of nitrogens with one attached hydrogen (secondary N) is 1. The lowest BCUT2D eigenvalue weighted by Crippen LogP contribution is -2.30. The third kappa shape index (κ3) is 4.56. The van der Waals surface area contributed by atoms with Gasteiger partial charge in [0.2, 0.25) is 5.91 Å². The van der Waals surface area contributed by atoms with E-state index in [1.807, 2.05) is 25.1 Å². The molecule has 1 aromatic heterocycles. The number of hydrogen-bond acceptors (Lipinski definition) is 5. The maximum Gasteiger partial charge on any atom is 0.266 e. The minimum Gasteiger partial charge on any atom is -0.481 e. The third-order valence-electron chi connectivity index (χ3n) is 2.81. The highest BCUT2D eigenvalue weighted by atomic mass is 32.1. The Balaban J connectivity index is 1.93. The summed E-state index contributed by atoms with van der Waals surface area (Å²) in [7, 11) is 0. The second-order valence-corrected chi connectivity index (χ2v) is 5.71. The van der Waals surface area contributed by atoms with Crippen molar-refractivity contribution in [1.82, 2.24) is 4.98 Å². The number of carbonyl (C=O) groups excluding carboxylic acids is 2. The second-order valence-electron chi connectivity index (χ2n) is 4.85. The number of nitrogens with two attached hydrogens (primary N) is 1. The van der Waals surface area contributed by atoms with Gasteiger partial charge in [-0.15, -0.1) is 11.3 Å². The van der Waals surface area contributed by atoms with Gasteiger partial charge >= 0.3 is 0 Å². The first-order valence-electron chi connectivity index (χ1n) is 6.71. The molecule has 1 aromatic carbocycles. The Morgan fingerprint density at radius 2 is 2.23 bits per heavy atom. The van der Waals surface area contributed by atoms with Crippen LogP contribution in [0.2, 0.25) is 0 Å². The standard InChI is InChI=1S/C15H17N3O3S/c1-9-4-3-5-12(6-9)21-10(2)14(20)18-15-17-11(8-22-15)7-13(16)19/h3-6,8,10H,7H2,1-2H3,(H2,16,19)(H,17,18,20)/t10-/m0/s1. The van der Waals surface area contributed by atoms with Crippen molar-refractivity contribution in [3.8, 4) is 5.75 Å². The van der Waals surface area contributed by atoms with E-state index in [1.165, 1.54) is 11.3 Å². The lowest BCUT2D eigenvalue weighted by atomic mass is 10.2. The van der Waals surface area contributed by atoms with Crippen LogP contribution in [0.25, 0.3) is 0 Å². The molecule has 22 heavy (non-hydrogen) atoms. The van der Waals surface area contributed by atoms with Crippen molar-refractivity contribution in [1.29, 1.82) is 0 Å². The lowest BCUT2D eigenvalue weighted by Gasteiger charge is -2.14. The number of rotatable bonds is 6. The first kappa shape index (κ1) is 16.0. The van der Waals surface area contributed by atoms with Crippen LogP contribution in [0, 0.1) is 6.92 Å². The first-order chi connectivity index (χ1) is 10.4. The first-order valence-corrected chi connectivity index (χ1v) is 7.59. The van der Waals surface area contributed by atoms with Crippen LogP contribution in [0.3, 0.4) is 0 Å². The van der Waals surface area contributed by atoms with E-state index < -0.39 is 12.0 Å². The van der Waals surface area contributed by atoms with Crippen molar-refractivity contribution in [2.24, 2.45) is 5.73 Å². The maximum atomic E-state index is 12.1. The summed E-state index contributed by atoms with van der Waals surface area (Å²) in [4.78, 5) is 27.0. The van der Waals surface area contributed by atoms with E-state index in [1.54, 1.807) is 18.4 Å². The summed E-state index contributed by atoms with van der Waals surface area (Å²) >= 11 is 1.24. The number of carbonyl (C=O) groups is 2. The predicted octanol–water partition coefficient (Wildman–Crippen LogP) is 1.89. The van der Waals surface area contributed by atoms with Crippen LogP contribution < -0.4 is 15.8 Å². The molecule has 3 N–H and O–H groups in total. The fourth-order valence-corrected chi connectivity index (χ4v) is 2.49. The molecule has 7 heteroatoms. The smallest absolute Gasteiger partial charge is 0.266 e. The molecule has 0 radical (unpaired) electrons. The molecule has 0 saturated heterocycles. The molecule has 116 valence electrons. The van der Waals surface area contributed by atoms with Crippen molar-refractivity contribution in [3.63, 3.8) is 0 Å². The summed E-state index contributed by atoms with van der Waals surface area (Å²) in [6.45, 7) is 3.61. The molecule has 2 aromatic rings. The predicted molar refractivity (Wildman–Crippen MR) is 84.9 cm³/mol. The molecule has 6 nitrogen and oxygen atoms in total. The average Bonchev–Trinajstić information content (AvgIpc) is 2.85. The monoisotopic (exact) mass is 319 g/mol. The van der Waals surface area contributed by atoms with Gasteiger partial charge in [0.25, 0.3) is 5.91 Å². The highest BCUT2D eigenvalue weighted by molar-refractivity contribution is 7.13. The summed E-state index contributed by atoms with van der Waals surface area (Å²) in [5.41, 5.74) is 6.70. The van der Waals surface area contributed by atoms with Gasteiger partial charge in [-0.05, 0) is 31.5 Å². The van der Waals surface area contributed by atoms with Crippen molar-refractivity contribution in [3.05, 3.63) is 40.9 Å². The van der Waals surface area contributed by atoms with Crippen LogP contribution in [0.4, 0.5) is 5.13 Å². The number of ether oxygens (including phenoxy) is 1. The summed E-state index contributed by atoms with van der Waals surface area (Å²) in [6.07, 6.45) is -0.605. The number of benzene rings is 1. The number of hydrogen-bond donors (Lipinski definition) is 2. The van der Waals surface area contributed by atoms with Gasteiger partial charge in [-0.1, -0.05) is 12.1 Å². The lowest BCUT2D eigenvalue weighted by molar-refractivity contribution is -0.122. The summed E-state index contributed by atoms with van der Waals surface area (Å²) in [5.74, 6) is -0.128. The minimum absolute atomic E-state index is 0.0573. The van der Waals surface area contributed by atoms with Gasteiger partial charge in [-0.2, -0.15) is 0 Å². The zero-order chi connectivity index (χ0) is 16.1. The van der Waals surface area contributed by atoms with Gasteiger partial charge in [0, 0.05) is 5.38 Å². The number of nitrogens with zero attached hydrogens (tertiary/aromatic N) is 1. The summed E-state index contributed by atoms with van der Waals surface area (Å²) in [6, 6.07) is 7.48. The van der Waals surface area contributed by atoms with Crippen LogP contribution in [-0.2, 0) is 16.0 Å². The molecule has 2 amide bonds. The van der Waals surface area contributed by atoms with E-state index in [9.17, 15) is 9.59 Å². The minimum atomic E-state index is -0.662. The van der Waals surface area contributed by atoms with E-state index in [2.05, 4.69) is 10.3 Å². The average molecular weight is 319 g/mol. The largest absolute Gasteiger partial charge is 0.481 e. The Hall–Kier alpha value is -2.41. The molecule has 0 aliphatic carbocycles. The Morgan fingerprint density at radius 3 is 2.91 bits per heavy atom. The van der Waals surface area contributed by atoms with E-state index in [0.717, 1.165) is 5.56 Å². The fourth-order valence-electron chi connectivity index (χ4n) is 1.78. The van der Waals surface area contributed by atoms with E-state index in [-0.39, 0.29) is 12.3 Å². The van der Waals surface area contributed by atoms with Crippen LogP contribution in [0.5, 0.6) is 5.75 Å². The molecule has 0 unspecified atom stereocenters. The van der Waals surface area contributed by atoms with Crippen LogP contribution >= 0.6 is 11.3 Å². The summed E-state index contributed by atoms with van der Waals surface area (Å²) < 4.78 is 5.59. The zero-order valence-corrected chi connectivity index (χ0v) is 13.1. The van der Waals surface area contributed by atoms with Crippen molar-refractivity contribution in [2.75, 3.05) is 5.32 Å². The van der Waals surface area contributed by atoms with E-state index in [0.29, 0.717) is 16.6 Å². The Morgan fingerprint density at radius 1 is 1.45 bits per heavy atom. The summed E-state index contributed by atoms with van der Waals surface area (Å²) in [5, 5.41) is 4.77. The molecule has 0 aliphatic heterocycles. The van der Waals surface area contributed by atoms with Crippen molar-refractivity contribution in [2.45, 2.75) is 26.4 Å². The fraction of sp³-hybridized carbons (Fsp3) is 0.267. The molecule has 0 saturated carbocycles. The van der Waals surface area contributed by atoms with E-state index in [4.69, 9.17) is 10.5 Å². The van der Waals surface area contributed by atoms with Gasteiger partial charge < -0.3 is 10.5 Å². The number of thiazole rings is 1. The number of anilines is 1. The quantitative estimate of drug-likeness (QED) is 0.850. The normalized spacial score (nSPS) is 11.7. The molecule has 0 aliphatic rings. The molecule has 1 atom stereocenters. The Labute approximate surface area is 132 Å². The second kappa shape index (κ2) is 7.04. The molecule has 0 bridgehead atoms. The number of aromatic nitrogens is 1. The van der Waals surface area contributed by atoms with Crippen LogP contribution in [-0.4, -0.2) is 22.9 Å². The van der Waals surface area contributed by atoms with Gasteiger partial charge in [0.1, 0.15) is 5.75 Å². The Bertz CT molecular complexity index is 684. The molecular weight excluding hydrogens is 302 g/mol. The number of aryl methyl sites for hydroxylation is 1. The molecule has 1 heterocycles. The van der Waals surface area contributed by atoms with Gasteiger partial charge in [-0.3, -0.25) is 14.9 Å². The SMILES string of the molecule is Cc1cccc(O[C@@H](C)C(=O)Nc2nc(CC(N)=O)cs2)c1.